The molecule has 0 saturated heterocycles. The van der Waals surface area contributed by atoms with Gasteiger partial charge >= 0.3 is 0 Å². The molecule has 0 saturated carbocycles. The minimum absolute atomic E-state index is 0. The molecule has 0 unspecified atom stereocenters. The third-order valence-electron chi connectivity index (χ3n) is 1.02. The molecule has 2 nitrogen and oxygen atoms in total. The van der Waals surface area contributed by atoms with Gasteiger partial charge in [-0.1, -0.05) is 7.43 Å². The zero-order chi connectivity index (χ0) is 8.20. The number of rotatable bonds is 3. The zero-order valence-electron chi connectivity index (χ0n) is 7.69. The molecular weight excluding hydrogens is 138 g/mol. The van der Waals surface area contributed by atoms with Gasteiger partial charge in [0.2, 0.25) is 0 Å². The molecule has 0 aromatic heterocycles. The fourth-order valence-electron chi connectivity index (χ4n) is 0.425. The molecule has 0 heterocycles. The third-order valence-corrected chi connectivity index (χ3v) is 1.02. The van der Waals surface area contributed by atoms with E-state index in [1.807, 2.05) is 13.8 Å². The second kappa shape index (κ2) is 5.56. The summed E-state index contributed by atoms with van der Waals surface area (Å²) in [5.41, 5.74) is 0.162. The van der Waals surface area contributed by atoms with Crippen molar-refractivity contribution in [2.45, 2.75) is 53.7 Å². The molecule has 0 aliphatic rings. The Morgan fingerprint density at radius 1 is 1.27 bits per heavy atom. The van der Waals surface area contributed by atoms with Gasteiger partial charge in [0.15, 0.2) is 0 Å². The first-order valence-electron chi connectivity index (χ1n) is 3.78. The molecule has 0 bridgehead atoms. The molecule has 0 aliphatic heterocycles. The minimum Gasteiger partial charge on any atom is -0.364 e. The van der Waals surface area contributed by atoms with Crippen LogP contribution >= 0.6 is 0 Å². The van der Waals surface area contributed by atoms with Crippen molar-refractivity contribution in [3.63, 3.8) is 0 Å². The number of nitrogens with one attached hydrogen (secondary N) is 1. The van der Waals surface area contributed by atoms with Gasteiger partial charge in [-0.2, -0.15) is 0 Å². The van der Waals surface area contributed by atoms with Gasteiger partial charge in [0, 0.05) is 5.54 Å². The molecule has 0 fully saturated rings. The van der Waals surface area contributed by atoms with Gasteiger partial charge in [0.25, 0.3) is 0 Å². The van der Waals surface area contributed by atoms with E-state index in [-0.39, 0.29) is 13.0 Å². The highest BCUT2D eigenvalue weighted by Crippen LogP contribution is 1.97. The Morgan fingerprint density at radius 2 is 1.73 bits per heavy atom. The lowest BCUT2D eigenvalue weighted by Crippen LogP contribution is -2.38. The van der Waals surface area contributed by atoms with Crippen LogP contribution < -0.4 is 5.32 Å². The van der Waals surface area contributed by atoms with Crippen molar-refractivity contribution >= 4 is 0 Å². The first-order chi connectivity index (χ1) is 4.42. The van der Waals surface area contributed by atoms with E-state index in [2.05, 4.69) is 26.1 Å². The summed E-state index contributed by atoms with van der Waals surface area (Å²) in [7, 11) is 0. The Morgan fingerprint density at radius 3 is 2.00 bits per heavy atom. The van der Waals surface area contributed by atoms with Crippen molar-refractivity contribution < 1.29 is 4.74 Å². The topological polar surface area (TPSA) is 21.3 Å². The van der Waals surface area contributed by atoms with Crippen LogP contribution in [0.25, 0.3) is 0 Å². The molecule has 0 aromatic carbocycles. The highest BCUT2D eigenvalue weighted by Gasteiger charge is 2.07. The quantitative estimate of drug-likeness (QED) is 0.642. The summed E-state index contributed by atoms with van der Waals surface area (Å²) in [5, 5.41) is 3.23. The van der Waals surface area contributed by atoms with E-state index in [4.69, 9.17) is 4.74 Å². The van der Waals surface area contributed by atoms with Crippen molar-refractivity contribution in [2.24, 2.45) is 0 Å². The number of hydrogen-bond donors (Lipinski definition) is 1. The van der Waals surface area contributed by atoms with E-state index in [1.54, 1.807) is 0 Å². The van der Waals surface area contributed by atoms with Gasteiger partial charge in [0.1, 0.15) is 0 Å². The molecule has 11 heavy (non-hydrogen) atoms. The third kappa shape index (κ3) is 13.0. The van der Waals surface area contributed by atoms with Crippen LogP contribution in [0.5, 0.6) is 0 Å². The van der Waals surface area contributed by atoms with Crippen LogP contribution in [0.1, 0.15) is 42.0 Å². The maximum Gasteiger partial charge on any atom is 0.0972 e. The van der Waals surface area contributed by atoms with Gasteiger partial charge in [-0.25, -0.2) is 0 Å². The number of ether oxygens (including phenoxy) is 1. The number of hydrogen-bond acceptors (Lipinski definition) is 2. The molecule has 0 radical (unpaired) electrons. The smallest absolute Gasteiger partial charge is 0.0972 e. The van der Waals surface area contributed by atoms with Gasteiger partial charge < -0.3 is 4.74 Å². The Bertz CT molecular complexity index is 84.1. The molecule has 0 aromatic rings. The first kappa shape index (κ1) is 13.5. The van der Waals surface area contributed by atoms with Crippen molar-refractivity contribution in [2.75, 3.05) is 6.73 Å². The van der Waals surface area contributed by atoms with Crippen molar-refractivity contribution in [1.82, 2.24) is 5.32 Å². The van der Waals surface area contributed by atoms with Crippen LogP contribution in [0, 0.1) is 0 Å². The normalized spacial score (nSPS) is 11.5. The maximum absolute atomic E-state index is 5.31. The molecule has 1 N–H and O–H groups in total. The SMILES string of the molecule is C.CC(C)OCNC(C)(C)C. The predicted octanol–water partition coefficient (Wildman–Crippen LogP) is 2.39. The Balaban J connectivity index is 0. The lowest BCUT2D eigenvalue weighted by Gasteiger charge is -2.21. The van der Waals surface area contributed by atoms with E-state index < -0.39 is 0 Å². The first-order valence-corrected chi connectivity index (χ1v) is 3.78. The van der Waals surface area contributed by atoms with Crippen LogP contribution in [-0.2, 0) is 4.74 Å². The Kier molecular flexibility index (Phi) is 6.82. The van der Waals surface area contributed by atoms with Gasteiger partial charge in [-0.15, -0.1) is 0 Å². The highest BCUT2D eigenvalue weighted by molar-refractivity contribution is 4.67. The largest absolute Gasteiger partial charge is 0.364 e. The van der Waals surface area contributed by atoms with Crippen molar-refractivity contribution in [1.29, 1.82) is 0 Å². The lowest BCUT2D eigenvalue weighted by molar-refractivity contribution is 0.0515. The summed E-state index contributed by atoms with van der Waals surface area (Å²) >= 11 is 0. The second-order valence-electron chi connectivity index (χ2n) is 3.79. The maximum atomic E-state index is 5.31. The molecular formula is C9H23NO. The standard InChI is InChI=1S/C8H19NO.CH4/c1-7(2)10-6-9-8(3,4)5;/h7,9H,6H2,1-5H3;1H4. The zero-order valence-corrected chi connectivity index (χ0v) is 7.69. The summed E-state index contributed by atoms with van der Waals surface area (Å²) in [6.45, 7) is 11.1. The monoisotopic (exact) mass is 161 g/mol. The minimum atomic E-state index is 0. The predicted molar refractivity (Wildman–Crippen MR) is 50.7 cm³/mol. The molecule has 2 heteroatoms. The molecule has 70 valence electrons. The van der Waals surface area contributed by atoms with E-state index >= 15 is 0 Å². The van der Waals surface area contributed by atoms with E-state index in [1.165, 1.54) is 0 Å². The molecule has 0 atom stereocenters. The molecule has 0 rings (SSSR count). The summed E-state index contributed by atoms with van der Waals surface area (Å²) in [6, 6.07) is 0. The fraction of sp³-hybridized carbons (Fsp3) is 1.00. The summed E-state index contributed by atoms with van der Waals surface area (Å²) < 4.78 is 5.31. The van der Waals surface area contributed by atoms with Crippen LogP contribution in [0.4, 0.5) is 0 Å². The van der Waals surface area contributed by atoms with Crippen LogP contribution in [-0.4, -0.2) is 18.4 Å². The second-order valence-corrected chi connectivity index (χ2v) is 3.79. The summed E-state index contributed by atoms with van der Waals surface area (Å²) in [4.78, 5) is 0. The van der Waals surface area contributed by atoms with E-state index in [0.717, 1.165) is 0 Å². The Hall–Kier alpha value is -0.0800. The van der Waals surface area contributed by atoms with Gasteiger partial charge in [-0.3, -0.25) is 5.32 Å². The van der Waals surface area contributed by atoms with Gasteiger partial charge in [0.05, 0.1) is 12.8 Å². The van der Waals surface area contributed by atoms with Crippen LogP contribution in [0.3, 0.4) is 0 Å². The van der Waals surface area contributed by atoms with Gasteiger partial charge in [-0.05, 0) is 34.6 Å². The van der Waals surface area contributed by atoms with Crippen LogP contribution in [0.2, 0.25) is 0 Å². The van der Waals surface area contributed by atoms with E-state index in [9.17, 15) is 0 Å². The average molecular weight is 161 g/mol. The summed E-state index contributed by atoms with van der Waals surface area (Å²) in [6.07, 6.45) is 0.315. The lowest BCUT2D eigenvalue weighted by atomic mass is 10.1. The average Bonchev–Trinajstić information content (AvgIpc) is 1.59. The van der Waals surface area contributed by atoms with Crippen molar-refractivity contribution in [3.05, 3.63) is 0 Å². The van der Waals surface area contributed by atoms with Crippen molar-refractivity contribution in [3.8, 4) is 0 Å². The Labute approximate surface area is 71.3 Å². The molecule has 0 spiro atoms. The fourth-order valence-corrected chi connectivity index (χ4v) is 0.425. The molecule has 0 amide bonds. The van der Waals surface area contributed by atoms with Crippen LogP contribution in [0.15, 0.2) is 0 Å². The highest BCUT2D eigenvalue weighted by atomic mass is 16.5. The molecule has 0 aliphatic carbocycles. The van der Waals surface area contributed by atoms with E-state index in [0.29, 0.717) is 12.8 Å². The summed E-state index contributed by atoms with van der Waals surface area (Å²) in [5.74, 6) is 0.